The van der Waals surface area contributed by atoms with Crippen molar-refractivity contribution in [2.45, 2.75) is 13.8 Å². The number of phenolic OH excluding ortho intramolecular Hbond substituents is 1. The van der Waals surface area contributed by atoms with Crippen LogP contribution in [0.4, 0.5) is 0 Å². The lowest BCUT2D eigenvalue weighted by molar-refractivity contribution is 0.475. The Morgan fingerprint density at radius 3 is 2.64 bits per heavy atom. The van der Waals surface area contributed by atoms with Gasteiger partial charge in [0.15, 0.2) is 0 Å². The molecule has 3 aromatic rings. The highest BCUT2D eigenvalue weighted by Crippen LogP contribution is 2.25. The number of aromatic hydroxyl groups is 1. The van der Waals surface area contributed by atoms with Crippen molar-refractivity contribution in [3.05, 3.63) is 75.7 Å². The summed E-state index contributed by atoms with van der Waals surface area (Å²) in [5, 5.41) is 16.2. The number of fused-ring (bicyclic) bond motifs is 1. The molecule has 0 unspecified atom stereocenters. The van der Waals surface area contributed by atoms with Crippen molar-refractivity contribution in [3.8, 4) is 5.75 Å². The number of pyridine rings is 1. The van der Waals surface area contributed by atoms with E-state index in [1.807, 2.05) is 50.2 Å². The summed E-state index contributed by atoms with van der Waals surface area (Å²) in [4.78, 5) is 12.0. The van der Waals surface area contributed by atoms with E-state index in [-0.39, 0.29) is 11.3 Å². The van der Waals surface area contributed by atoms with E-state index in [1.54, 1.807) is 6.07 Å². The van der Waals surface area contributed by atoms with Crippen molar-refractivity contribution >= 4 is 17.0 Å². The number of hydrogen-bond acceptors (Lipinski definition) is 3. The minimum absolute atomic E-state index is 0.139. The highest BCUT2D eigenvalue weighted by molar-refractivity contribution is 6.02. The van der Waals surface area contributed by atoms with Crippen LogP contribution < -0.4 is 5.56 Å². The van der Waals surface area contributed by atoms with Crippen molar-refractivity contribution in [1.29, 1.82) is 0 Å². The smallest absolute Gasteiger partial charge is 0.271 e. The Hall–Kier alpha value is -2.88. The Labute approximate surface area is 128 Å². The predicted molar refractivity (Wildman–Crippen MR) is 88.8 cm³/mol. The van der Waals surface area contributed by atoms with Crippen molar-refractivity contribution in [3.63, 3.8) is 0 Å². The molecule has 1 N–H and O–H groups in total. The minimum atomic E-state index is -0.187. The first-order valence-electron chi connectivity index (χ1n) is 7.01. The first-order chi connectivity index (χ1) is 10.6. The van der Waals surface area contributed by atoms with Gasteiger partial charge in [0.25, 0.3) is 5.56 Å². The van der Waals surface area contributed by atoms with Gasteiger partial charge in [-0.15, -0.1) is 0 Å². The Morgan fingerprint density at radius 1 is 1.09 bits per heavy atom. The molecule has 0 amide bonds. The third kappa shape index (κ3) is 2.51. The van der Waals surface area contributed by atoms with Gasteiger partial charge in [0.2, 0.25) is 0 Å². The van der Waals surface area contributed by atoms with Gasteiger partial charge >= 0.3 is 0 Å². The Morgan fingerprint density at radius 2 is 1.86 bits per heavy atom. The van der Waals surface area contributed by atoms with Gasteiger partial charge in [0.1, 0.15) is 5.75 Å². The lowest BCUT2D eigenvalue weighted by Crippen LogP contribution is -2.18. The monoisotopic (exact) mass is 292 g/mol. The van der Waals surface area contributed by atoms with E-state index in [0.29, 0.717) is 5.56 Å². The molecule has 0 aliphatic heterocycles. The molecule has 22 heavy (non-hydrogen) atoms. The topological polar surface area (TPSA) is 54.6 Å². The van der Waals surface area contributed by atoms with Crippen LogP contribution in [0.15, 0.2) is 58.4 Å². The maximum atomic E-state index is 12.0. The second-order valence-corrected chi connectivity index (χ2v) is 5.29. The van der Waals surface area contributed by atoms with Gasteiger partial charge in [-0.2, -0.15) is 5.10 Å². The van der Waals surface area contributed by atoms with Gasteiger partial charge in [-0.05, 0) is 42.3 Å². The SMILES string of the molecule is Cc1cc(C)n(/N=C/c2c(O)ccc3ccccc23)c(=O)c1. The average Bonchev–Trinajstić information content (AvgIpc) is 2.48. The van der Waals surface area contributed by atoms with Gasteiger partial charge in [0, 0.05) is 17.3 Å². The van der Waals surface area contributed by atoms with E-state index in [9.17, 15) is 9.90 Å². The molecule has 0 radical (unpaired) electrons. The third-order valence-electron chi connectivity index (χ3n) is 3.58. The largest absolute Gasteiger partial charge is 0.507 e. The molecule has 0 atom stereocenters. The van der Waals surface area contributed by atoms with E-state index >= 15 is 0 Å². The fourth-order valence-electron chi connectivity index (χ4n) is 2.55. The summed E-state index contributed by atoms with van der Waals surface area (Å²) in [6, 6.07) is 14.6. The summed E-state index contributed by atoms with van der Waals surface area (Å²) in [5.41, 5.74) is 2.07. The molecular weight excluding hydrogens is 276 g/mol. The average molecular weight is 292 g/mol. The van der Waals surface area contributed by atoms with Crippen molar-refractivity contribution < 1.29 is 5.11 Å². The minimum Gasteiger partial charge on any atom is -0.507 e. The Bertz CT molecular complexity index is 939. The molecule has 110 valence electrons. The molecule has 1 aromatic heterocycles. The molecule has 0 saturated carbocycles. The number of rotatable bonds is 2. The predicted octanol–water partition coefficient (Wildman–Crippen LogP) is 3.21. The summed E-state index contributed by atoms with van der Waals surface area (Å²) < 4.78 is 1.33. The highest BCUT2D eigenvalue weighted by Gasteiger charge is 2.05. The van der Waals surface area contributed by atoms with Crippen LogP contribution in [0.5, 0.6) is 5.75 Å². The molecule has 0 spiro atoms. The molecule has 0 fully saturated rings. The van der Waals surface area contributed by atoms with Crippen LogP contribution in [0.25, 0.3) is 10.8 Å². The zero-order valence-electron chi connectivity index (χ0n) is 12.4. The second kappa shape index (κ2) is 5.48. The van der Waals surface area contributed by atoms with E-state index < -0.39 is 0 Å². The molecule has 3 rings (SSSR count). The first-order valence-corrected chi connectivity index (χ1v) is 7.01. The number of benzene rings is 2. The van der Waals surface area contributed by atoms with Gasteiger partial charge < -0.3 is 5.11 Å². The zero-order valence-corrected chi connectivity index (χ0v) is 12.4. The fourth-order valence-corrected chi connectivity index (χ4v) is 2.55. The van der Waals surface area contributed by atoms with E-state index in [4.69, 9.17) is 0 Å². The molecular formula is C18H16N2O2. The van der Waals surface area contributed by atoms with Gasteiger partial charge in [-0.1, -0.05) is 30.3 Å². The van der Waals surface area contributed by atoms with Gasteiger partial charge in [0.05, 0.1) is 6.21 Å². The van der Waals surface area contributed by atoms with Gasteiger partial charge in [-0.3, -0.25) is 4.79 Å². The van der Waals surface area contributed by atoms with E-state index in [2.05, 4.69) is 5.10 Å². The summed E-state index contributed by atoms with van der Waals surface area (Å²) in [5.74, 6) is 0.139. The molecule has 0 aliphatic carbocycles. The number of aryl methyl sites for hydroxylation is 2. The molecule has 4 heteroatoms. The molecule has 0 aliphatic rings. The molecule has 4 nitrogen and oxygen atoms in total. The number of phenols is 1. The zero-order chi connectivity index (χ0) is 15.7. The van der Waals surface area contributed by atoms with Crippen LogP contribution in [0.1, 0.15) is 16.8 Å². The van der Waals surface area contributed by atoms with Crippen LogP contribution in [-0.4, -0.2) is 16.0 Å². The highest BCUT2D eigenvalue weighted by atomic mass is 16.3. The molecule has 2 aromatic carbocycles. The van der Waals surface area contributed by atoms with Crippen molar-refractivity contribution in [2.75, 3.05) is 0 Å². The normalized spacial score (nSPS) is 11.4. The molecule has 1 heterocycles. The number of nitrogens with zero attached hydrogens (tertiary/aromatic N) is 2. The Balaban J connectivity index is 2.15. The third-order valence-corrected chi connectivity index (χ3v) is 3.58. The Kier molecular flexibility index (Phi) is 3.51. The maximum absolute atomic E-state index is 12.0. The standard InChI is InChI=1S/C18H16N2O2/c1-12-9-13(2)20(18(22)10-12)19-11-16-15-6-4-3-5-14(15)7-8-17(16)21/h3-11,21H,1-2H3/b19-11+. The lowest BCUT2D eigenvalue weighted by atomic mass is 10.0. The van der Waals surface area contributed by atoms with E-state index in [1.165, 1.54) is 17.0 Å². The van der Waals surface area contributed by atoms with E-state index in [0.717, 1.165) is 22.0 Å². The first kappa shape index (κ1) is 14.1. The number of aromatic nitrogens is 1. The summed E-state index contributed by atoms with van der Waals surface area (Å²) in [6.45, 7) is 3.70. The van der Waals surface area contributed by atoms with Crippen LogP contribution in [0.3, 0.4) is 0 Å². The quantitative estimate of drug-likeness (QED) is 0.737. The maximum Gasteiger partial charge on any atom is 0.271 e. The summed E-state index contributed by atoms with van der Waals surface area (Å²) in [6.07, 6.45) is 1.53. The van der Waals surface area contributed by atoms with Gasteiger partial charge in [-0.25, -0.2) is 4.68 Å². The van der Waals surface area contributed by atoms with Crippen LogP contribution >= 0.6 is 0 Å². The number of hydrogen-bond donors (Lipinski definition) is 1. The summed E-state index contributed by atoms with van der Waals surface area (Å²) in [7, 11) is 0. The molecule has 0 bridgehead atoms. The van der Waals surface area contributed by atoms with Crippen LogP contribution in [0, 0.1) is 13.8 Å². The van der Waals surface area contributed by atoms with Crippen LogP contribution in [-0.2, 0) is 0 Å². The molecule has 0 saturated heterocycles. The second-order valence-electron chi connectivity index (χ2n) is 5.29. The summed E-state index contributed by atoms with van der Waals surface area (Å²) >= 11 is 0. The van der Waals surface area contributed by atoms with Crippen molar-refractivity contribution in [1.82, 2.24) is 4.68 Å². The van der Waals surface area contributed by atoms with Crippen LogP contribution in [0.2, 0.25) is 0 Å². The van der Waals surface area contributed by atoms with Crippen molar-refractivity contribution in [2.24, 2.45) is 5.10 Å². The lowest BCUT2D eigenvalue weighted by Gasteiger charge is -2.06. The fraction of sp³-hybridized carbons (Fsp3) is 0.111.